The van der Waals surface area contributed by atoms with E-state index in [0.717, 1.165) is 29.0 Å². The average molecular weight is 445 g/mol. The molecule has 0 aromatic heterocycles. The summed E-state index contributed by atoms with van der Waals surface area (Å²) in [6.07, 6.45) is 0.336. The lowest BCUT2D eigenvalue weighted by Crippen LogP contribution is -2.23. The number of carbonyl (C=O) groups is 2. The first-order chi connectivity index (χ1) is 16.0. The molecule has 3 aromatic rings. The summed E-state index contributed by atoms with van der Waals surface area (Å²) in [5, 5.41) is 2.96. The van der Waals surface area contributed by atoms with Crippen molar-refractivity contribution in [2.75, 3.05) is 20.7 Å². The second-order valence-corrected chi connectivity index (χ2v) is 8.25. The quantitative estimate of drug-likeness (QED) is 0.419. The molecule has 0 saturated carbocycles. The monoisotopic (exact) mass is 444 g/mol. The highest BCUT2D eigenvalue weighted by Crippen LogP contribution is 2.24. The van der Waals surface area contributed by atoms with Crippen molar-refractivity contribution in [1.82, 2.24) is 10.2 Å². The summed E-state index contributed by atoms with van der Waals surface area (Å²) in [4.78, 5) is 26.9. The molecule has 0 aliphatic heterocycles. The van der Waals surface area contributed by atoms with Crippen molar-refractivity contribution in [1.29, 1.82) is 0 Å². The van der Waals surface area contributed by atoms with Crippen LogP contribution < -0.4 is 10.1 Å². The molecule has 0 aliphatic rings. The van der Waals surface area contributed by atoms with E-state index in [0.29, 0.717) is 18.7 Å². The van der Waals surface area contributed by atoms with Crippen LogP contribution in [0.3, 0.4) is 0 Å². The van der Waals surface area contributed by atoms with Gasteiger partial charge in [0.1, 0.15) is 5.75 Å². The van der Waals surface area contributed by atoms with Gasteiger partial charge in [0.25, 0.3) is 0 Å². The highest BCUT2D eigenvalue weighted by molar-refractivity contribution is 5.98. The number of nitrogens with one attached hydrogen (secondary N) is 1. The minimum absolute atomic E-state index is 0.0496. The maximum Gasteiger partial charge on any atom is 0.220 e. The molecule has 0 spiro atoms. The molecule has 172 valence electrons. The minimum atomic E-state index is -0.134. The van der Waals surface area contributed by atoms with E-state index in [1.54, 1.807) is 24.3 Å². The lowest BCUT2D eigenvalue weighted by molar-refractivity contribution is -0.121. The lowest BCUT2D eigenvalue weighted by Gasteiger charge is -2.13. The second-order valence-electron chi connectivity index (χ2n) is 8.25. The lowest BCUT2D eigenvalue weighted by atomic mass is 9.98. The van der Waals surface area contributed by atoms with Gasteiger partial charge in [0.05, 0.1) is 6.61 Å². The van der Waals surface area contributed by atoms with Crippen LogP contribution in [0.1, 0.15) is 41.3 Å². The third kappa shape index (κ3) is 7.29. The van der Waals surface area contributed by atoms with Gasteiger partial charge in [0, 0.05) is 31.5 Å². The highest BCUT2D eigenvalue weighted by Gasteiger charge is 2.11. The van der Waals surface area contributed by atoms with Crippen LogP contribution in [0.5, 0.6) is 5.75 Å². The maximum absolute atomic E-state index is 12.4. The van der Waals surface area contributed by atoms with Crippen molar-refractivity contribution in [2.45, 2.75) is 32.9 Å². The zero-order chi connectivity index (χ0) is 23.6. The number of hydrogen-bond donors (Lipinski definition) is 1. The number of ether oxygens (including phenoxy) is 1. The fourth-order valence-corrected chi connectivity index (χ4v) is 3.67. The number of nitrogens with zero attached hydrogens (tertiary/aromatic N) is 1. The van der Waals surface area contributed by atoms with Crippen LogP contribution in [0.25, 0.3) is 11.1 Å². The molecule has 33 heavy (non-hydrogen) atoms. The number of carbonyl (C=O) groups excluding carboxylic acids is 2. The van der Waals surface area contributed by atoms with Crippen molar-refractivity contribution in [3.8, 4) is 16.9 Å². The van der Waals surface area contributed by atoms with Gasteiger partial charge in [-0.2, -0.15) is 0 Å². The number of ketones is 1. The summed E-state index contributed by atoms with van der Waals surface area (Å²) < 4.78 is 5.40. The fourth-order valence-electron chi connectivity index (χ4n) is 3.67. The van der Waals surface area contributed by atoms with Gasteiger partial charge >= 0.3 is 0 Å². The fraction of sp³-hybridized carbons (Fsp3) is 0.286. The summed E-state index contributed by atoms with van der Waals surface area (Å²) in [6.45, 7) is 3.82. The van der Waals surface area contributed by atoms with E-state index in [2.05, 4.69) is 54.6 Å². The molecule has 0 bridgehead atoms. The van der Waals surface area contributed by atoms with Crippen molar-refractivity contribution >= 4 is 11.7 Å². The van der Waals surface area contributed by atoms with E-state index >= 15 is 0 Å². The van der Waals surface area contributed by atoms with Gasteiger partial charge in [0.2, 0.25) is 5.91 Å². The van der Waals surface area contributed by atoms with Crippen LogP contribution in [0.4, 0.5) is 0 Å². The van der Waals surface area contributed by atoms with E-state index in [-0.39, 0.29) is 24.5 Å². The molecule has 5 nitrogen and oxygen atoms in total. The number of rotatable bonds is 11. The number of benzene rings is 3. The Morgan fingerprint density at radius 2 is 1.58 bits per heavy atom. The molecule has 0 unspecified atom stereocenters. The molecular formula is C28H32N2O3. The van der Waals surface area contributed by atoms with E-state index in [1.807, 2.05) is 25.1 Å². The van der Waals surface area contributed by atoms with E-state index in [4.69, 9.17) is 4.74 Å². The van der Waals surface area contributed by atoms with Gasteiger partial charge in [-0.1, -0.05) is 48.5 Å². The molecular weight excluding hydrogens is 412 g/mol. The Morgan fingerprint density at radius 1 is 0.879 bits per heavy atom. The largest absolute Gasteiger partial charge is 0.494 e. The Kier molecular flexibility index (Phi) is 8.79. The van der Waals surface area contributed by atoms with Crippen LogP contribution >= 0.6 is 0 Å². The second kappa shape index (κ2) is 12.0. The molecule has 3 aromatic carbocycles. The topological polar surface area (TPSA) is 58.6 Å². The van der Waals surface area contributed by atoms with Crippen LogP contribution in [0.15, 0.2) is 72.8 Å². The van der Waals surface area contributed by atoms with Crippen molar-refractivity contribution < 1.29 is 14.3 Å². The Labute approximate surface area is 196 Å². The molecule has 1 amide bonds. The van der Waals surface area contributed by atoms with E-state index in [9.17, 15) is 9.59 Å². The zero-order valence-electron chi connectivity index (χ0n) is 19.6. The molecule has 5 heteroatoms. The Balaban J connectivity index is 1.54. The van der Waals surface area contributed by atoms with Gasteiger partial charge < -0.3 is 15.0 Å². The molecule has 0 radical (unpaired) electrons. The SMILES string of the molecule is CCOc1ccc(C(=O)CCC(=O)NCc2ccccc2-c2ccc(CN(C)C)cc2)cc1. The molecule has 0 atom stereocenters. The predicted octanol–water partition coefficient (Wildman–Crippen LogP) is 5.09. The highest BCUT2D eigenvalue weighted by atomic mass is 16.5. The Bertz CT molecular complexity index is 1060. The van der Waals surface area contributed by atoms with Gasteiger partial charge in [-0.05, 0) is 67.5 Å². The van der Waals surface area contributed by atoms with Crippen LogP contribution in [-0.2, 0) is 17.9 Å². The predicted molar refractivity (Wildman–Crippen MR) is 132 cm³/mol. The number of Topliss-reactive ketones (excluding diaryl/α,β-unsaturated/α-hetero) is 1. The van der Waals surface area contributed by atoms with Gasteiger partial charge in [0.15, 0.2) is 5.78 Å². The van der Waals surface area contributed by atoms with Crippen LogP contribution in [0, 0.1) is 0 Å². The molecule has 0 fully saturated rings. The third-order valence-corrected chi connectivity index (χ3v) is 5.32. The summed E-state index contributed by atoms with van der Waals surface area (Å²) >= 11 is 0. The zero-order valence-corrected chi connectivity index (χ0v) is 19.6. The van der Waals surface area contributed by atoms with E-state index < -0.39 is 0 Å². The Morgan fingerprint density at radius 3 is 2.24 bits per heavy atom. The normalized spacial score (nSPS) is 10.8. The summed E-state index contributed by atoms with van der Waals surface area (Å²) in [5.41, 5.74) is 5.11. The first kappa shape index (κ1) is 24.2. The van der Waals surface area contributed by atoms with E-state index in [1.165, 1.54) is 5.56 Å². The van der Waals surface area contributed by atoms with Crippen molar-refractivity contribution in [3.05, 3.63) is 89.5 Å². The molecule has 0 saturated heterocycles. The molecule has 1 N–H and O–H groups in total. The molecule has 0 heterocycles. The number of amides is 1. The van der Waals surface area contributed by atoms with Crippen molar-refractivity contribution in [3.63, 3.8) is 0 Å². The van der Waals surface area contributed by atoms with Gasteiger partial charge in [-0.25, -0.2) is 0 Å². The van der Waals surface area contributed by atoms with Gasteiger partial charge in [-0.3, -0.25) is 9.59 Å². The first-order valence-electron chi connectivity index (χ1n) is 11.3. The first-order valence-corrected chi connectivity index (χ1v) is 11.3. The maximum atomic E-state index is 12.4. The van der Waals surface area contributed by atoms with Crippen LogP contribution in [0.2, 0.25) is 0 Å². The third-order valence-electron chi connectivity index (χ3n) is 5.32. The summed E-state index contributed by atoms with van der Waals surface area (Å²) in [6, 6.07) is 23.6. The smallest absolute Gasteiger partial charge is 0.220 e. The average Bonchev–Trinajstić information content (AvgIpc) is 2.82. The van der Waals surface area contributed by atoms with Gasteiger partial charge in [-0.15, -0.1) is 0 Å². The number of hydrogen-bond acceptors (Lipinski definition) is 4. The molecule has 3 rings (SSSR count). The standard InChI is InChI=1S/C28H32N2O3/c1-4-33-25-15-13-23(14-16-25)27(31)17-18-28(32)29-19-24-7-5-6-8-26(24)22-11-9-21(10-12-22)20-30(2)3/h5-16H,4,17-20H2,1-3H3,(H,29,32). The van der Waals surface area contributed by atoms with Crippen molar-refractivity contribution in [2.24, 2.45) is 0 Å². The van der Waals surface area contributed by atoms with Crippen LogP contribution in [-0.4, -0.2) is 37.3 Å². The summed E-state index contributed by atoms with van der Waals surface area (Å²) in [5.74, 6) is 0.551. The Hall–Kier alpha value is -3.44. The summed E-state index contributed by atoms with van der Waals surface area (Å²) in [7, 11) is 4.11. The molecule has 0 aliphatic carbocycles. The minimum Gasteiger partial charge on any atom is -0.494 e.